The Balaban J connectivity index is 1.96. The van der Waals surface area contributed by atoms with E-state index in [2.05, 4.69) is 0 Å². The molecule has 0 radical (unpaired) electrons. The normalized spacial score (nSPS) is 18.8. The molecule has 2 atom stereocenters. The van der Waals surface area contributed by atoms with Gasteiger partial charge in [0.1, 0.15) is 41.9 Å². The van der Waals surface area contributed by atoms with Crippen LogP contribution in [-0.2, 0) is 34.5 Å². The molecule has 3 rings (SSSR count). The first-order valence-electron chi connectivity index (χ1n) is 15.8. The number of hydrogen-bond acceptors (Lipinski definition) is 9. The molecule has 0 saturated carbocycles. The predicted molar refractivity (Wildman–Crippen MR) is 177 cm³/mol. The Kier molecular flexibility index (Phi) is 12.1. The van der Waals surface area contributed by atoms with Gasteiger partial charge in [0.2, 0.25) is 0 Å². The van der Waals surface area contributed by atoms with Gasteiger partial charge in [0.15, 0.2) is 5.54 Å². The Hall–Kier alpha value is -2.82. The summed E-state index contributed by atoms with van der Waals surface area (Å²) < 4.78 is 68.7. The molecule has 0 N–H and O–H groups in total. The second-order valence-electron chi connectivity index (χ2n) is 15.1. The molecule has 0 aromatic heterocycles. The predicted octanol–water partition coefficient (Wildman–Crippen LogP) is 8.20. The highest BCUT2D eigenvalue weighted by Gasteiger charge is 2.72. The number of carbonyl (C=O) groups excluding carboxylic acids is 1. The summed E-state index contributed by atoms with van der Waals surface area (Å²) >= 11 is 0. The Morgan fingerprint density at radius 3 is 1.96 bits per heavy atom. The first-order valence-corrected chi connectivity index (χ1v) is 16.6. The quantitative estimate of drug-likeness (QED) is 0.118. The minimum absolute atomic E-state index is 0.0532. The van der Waals surface area contributed by atoms with Gasteiger partial charge in [0.05, 0.1) is 17.8 Å². The van der Waals surface area contributed by atoms with Gasteiger partial charge in [-0.25, -0.2) is 9.18 Å². The molecule has 0 aliphatic carbocycles. The molecule has 1 amide bonds. The maximum atomic E-state index is 14.1. The van der Waals surface area contributed by atoms with E-state index in [1.165, 1.54) is 17.0 Å². The second-order valence-corrected chi connectivity index (χ2v) is 15.4. The van der Waals surface area contributed by atoms with Crippen LogP contribution in [0.3, 0.4) is 0 Å². The number of aryl methyl sites for hydroxylation is 1. The molecule has 262 valence electrons. The van der Waals surface area contributed by atoms with Crippen molar-refractivity contribution in [3.05, 3.63) is 59.9 Å². The van der Waals surface area contributed by atoms with Crippen molar-refractivity contribution in [2.45, 2.75) is 123 Å². The van der Waals surface area contributed by atoms with Gasteiger partial charge in [-0.05, 0) is 123 Å². The smallest absolute Gasteiger partial charge is 0.490 e. The Labute approximate surface area is 280 Å². The third kappa shape index (κ3) is 10.6. The Morgan fingerprint density at radius 1 is 0.872 bits per heavy atom. The molecular weight excluding hydrogens is 628 g/mol. The van der Waals surface area contributed by atoms with E-state index >= 15 is 0 Å². The Morgan fingerprint density at radius 2 is 1.45 bits per heavy atom. The molecule has 1 fully saturated rings. The lowest BCUT2D eigenvalue weighted by Crippen LogP contribution is -2.72. The highest BCUT2D eigenvalue weighted by atomic mass is 31.1. The van der Waals surface area contributed by atoms with Crippen LogP contribution in [0.25, 0.3) is 0 Å². The SMILES string of the molecule is CC(C)(C)OC(=O)N1C(C)(C)OCC1(CCc1ccc(OCCOc2cccc(F)c2)cc1)C(O[PH+]=O)(OC(C)(C)C)OC(C)(C)C. The van der Waals surface area contributed by atoms with E-state index < -0.39 is 48.8 Å². The number of benzene rings is 2. The summed E-state index contributed by atoms with van der Waals surface area (Å²) in [4.78, 5) is 15.6. The highest BCUT2D eigenvalue weighted by Crippen LogP contribution is 2.51. The zero-order valence-electron chi connectivity index (χ0n) is 29.7. The zero-order valence-corrected chi connectivity index (χ0v) is 30.7. The average molecular weight is 681 g/mol. The van der Waals surface area contributed by atoms with Crippen molar-refractivity contribution in [1.82, 2.24) is 4.90 Å². The summed E-state index contributed by atoms with van der Waals surface area (Å²) in [5, 5.41) is 0. The van der Waals surface area contributed by atoms with Gasteiger partial charge < -0.3 is 28.4 Å². The van der Waals surface area contributed by atoms with Crippen LogP contribution in [0.1, 0.15) is 88.1 Å². The maximum Gasteiger partial charge on any atom is 0.499 e. The van der Waals surface area contributed by atoms with Crippen molar-refractivity contribution in [2.24, 2.45) is 0 Å². The monoisotopic (exact) mass is 680 g/mol. The van der Waals surface area contributed by atoms with E-state index in [4.69, 9.17) is 32.9 Å². The molecule has 1 aliphatic rings. The molecule has 2 aromatic carbocycles. The van der Waals surface area contributed by atoms with E-state index in [0.29, 0.717) is 17.9 Å². The number of carbonyl (C=O) groups is 1. The van der Waals surface area contributed by atoms with Crippen LogP contribution in [0.15, 0.2) is 48.5 Å². The second kappa shape index (κ2) is 14.7. The summed E-state index contributed by atoms with van der Waals surface area (Å²) in [7, 11) is -1.28. The summed E-state index contributed by atoms with van der Waals surface area (Å²) in [5.41, 5.74) is -4.24. The van der Waals surface area contributed by atoms with Gasteiger partial charge in [-0.2, -0.15) is 0 Å². The third-order valence-corrected chi connectivity index (χ3v) is 7.35. The van der Waals surface area contributed by atoms with Crippen molar-refractivity contribution in [1.29, 1.82) is 0 Å². The molecule has 12 heteroatoms. The fourth-order valence-electron chi connectivity index (χ4n) is 5.39. The minimum atomic E-state index is -2.03. The molecule has 0 spiro atoms. The van der Waals surface area contributed by atoms with Crippen LogP contribution in [0, 0.1) is 5.82 Å². The van der Waals surface area contributed by atoms with Gasteiger partial charge >= 0.3 is 20.8 Å². The molecule has 2 unspecified atom stereocenters. The molecule has 1 heterocycles. The molecule has 2 aromatic rings. The first kappa shape index (κ1) is 38.6. The van der Waals surface area contributed by atoms with Crippen molar-refractivity contribution >= 4 is 14.8 Å². The van der Waals surface area contributed by atoms with E-state index in [0.717, 1.165) is 5.56 Å². The number of ether oxygens (including phenoxy) is 6. The maximum absolute atomic E-state index is 14.1. The summed E-state index contributed by atoms with van der Waals surface area (Å²) in [6.07, 6.45) is 0.00507. The molecule has 1 saturated heterocycles. The molecule has 10 nitrogen and oxygen atoms in total. The van der Waals surface area contributed by atoms with E-state index in [9.17, 15) is 13.8 Å². The lowest BCUT2D eigenvalue weighted by molar-refractivity contribution is -0.434. The number of hydrogen-bond donors (Lipinski definition) is 0. The average Bonchev–Trinajstić information content (AvgIpc) is 3.19. The van der Waals surface area contributed by atoms with Crippen molar-refractivity contribution in [2.75, 3.05) is 19.8 Å². The van der Waals surface area contributed by atoms with Crippen LogP contribution in [-0.4, -0.2) is 64.9 Å². The number of rotatable bonds is 13. The fourth-order valence-corrected chi connectivity index (χ4v) is 5.78. The lowest BCUT2D eigenvalue weighted by atomic mass is 9.86. The van der Waals surface area contributed by atoms with Crippen molar-refractivity contribution < 1.29 is 46.7 Å². The van der Waals surface area contributed by atoms with Crippen LogP contribution >= 0.6 is 8.69 Å². The van der Waals surface area contributed by atoms with Gasteiger partial charge in [-0.1, -0.05) is 22.7 Å². The largest absolute Gasteiger partial charge is 0.499 e. The van der Waals surface area contributed by atoms with Crippen LogP contribution < -0.4 is 9.47 Å². The third-order valence-electron chi connectivity index (χ3n) is 7.00. The zero-order chi connectivity index (χ0) is 35.3. The molecular formula is C35H52FNO9P+. The van der Waals surface area contributed by atoms with Gasteiger partial charge in [-0.3, -0.25) is 4.90 Å². The van der Waals surface area contributed by atoms with Gasteiger partial charge in [0.25, 0.3) is 0 Å². The van der Waals surface area contributed by atoms with Crippen molar-refractivity contribution in [3.8, 4) is 11.5 Å². The number of nitrogens with zero attached hydrogens (tertiary/aromatic N) is 1. The van der Waals surface area contributed by atoms with Crippen LogP contribution in [0.5, 0.6) is 11.5 Å². The summed E-state index contributed by atoms with van der Waals surface area (Å²) in [6.45, 7) is 20.3. The summed E-state index contributed by atoms with van der Waals surface area (Å²) in [6, 6.07) is 13.5. The van der Waals surface area contributed by atoms with Crippen LogP contribution in [0.4, 0.5) is 9.18 Å². The topological polar surface area (TPSA) is 102 Å². The first-order chi connectivity index (χ1) is 21.6. The van der Waals surface area contributed by atoms with E-state index in [1.54, 1.807) is 46.8 Å². The van der Waals surface area contributed by atoms with Gasteiger partial charge in [0, 0.05) is 6.07 Å². The minimum Gasteiger partial charge on any atom is -0.490 e. The Bertz CT molecular complexity index is 1330. The van der Waals surface area contributed by atoms with Crippen LogP contribution in [0.2, 0.25) is 0 Å². The van der Waals surface area contributed by atoms with Gasteiger partial charge in [-0.15, -0.1) is 0 Å². The number of halogens is 1. The standard InChI is InChI=1S/C35H52FNO9P/c1-30(2,3)43-29(38)37-33(10,11)42-24-34(37,35(46-47-39,44-31(4,5)6)45-32(7,8)9)20-19-25-15-17-27(18-16-25)40-21-22-41-28-14-12-13-26(36)23-28/h12-18,23,47H,19-22,24H2,1-11H3/q+1. The number of amides is 1. The fraction of sp³-hybridized carbons (Fsp3) is 0.629. The highest BCUT2D eigenvalue weighted by molar-refractivity contribution is 7.17. The van der Waals surface area contributed by atoms with E-state index in [-0.39, 0.29) is 32.1 Å². The summed E-state index contributed by atoms with van der Waals surface area (Å²) in [5.74, 6) is -1.33. The molecule has 1 aliphatic heterocycles. The van der Waals surface area contributed by atoms with Crippen molar-refractivity contribution in [3.63, 3.8) is 0 Å². The molecule has 47 heavy (non-hydrogen) atoms. The molecule has 0 bridgehead atoms. The van der Waals surface area contributed by atoms with E-state index in [1.807, 2.05) is 65.8 Å². The lowest BCUT2D eigenvalue weighted by Gasteiger charge is -2.52.